The molecule has 1 aliphatic heterocycles. The van der Waals surface area contributed by atoms with Gasteiger partial charge in [-0.2, -0.15) is 0 Å². The fourth-order valence-corrected chi connectivity index (χ4v) is 4.12. The summed E-state index contributed by atoms with van der Waals surface area (Å²) in [6.45, 7) is 6.16. The minimum Gasteiger partial charge on any atom is -0.490 e. The predicted octanol–water partition coefficient (Wildman–Crippen LogP) is 3.68. The molecule has 0 radical (unpaired) electrons. The Labute approximate surface area is 162 Å². The van der Waals surface area contributed by atoms with Crippen molar-refractivity contribution >= 4 is 0 Å². The Morgan fingerprint density at radius 3 is 2.48 bits per heavy atom. The van der Waals surface area contributed by atoms with E-state index in [2.05, 4.69) is 26.8 Å². The molecule has 0 amide bonds. The first-order valence-electron chi connectivity index (χ1n) is 10.3. The Hall–Kier alpha value is -1.14. The van der Waals surface area contributed by atoms with E-state index in [1.807, 2.05) is 12.1 Å². The smallest absolute Gasteiger partial charge is 0.122 e. The van der Waals surface area contributed by atoms with E-state index < -0.39 is 6.10 Å². The van der Waals surface area contributed by atoms with Crippen LogP contribution in [0.1, 0.15) is 69.6 Å². The molecule has 3 rings (SSSR count). The zero-order chi connectivity index (χ0) is 19.4. The molecule has 3 unspecified atom stereocenters. The molecule has 0 aromatic heterocycles. The van der Waals surface area contributed by atoms with Crippen LogP contribution in [0, 0.1) is 6.92 Å². The normalized spacial score (nSPS) is 31.9. The summed E-state index contributed by atoms with van der Waals surface area (Å²) in [5.41, 5.74) is 2.11. The third-order valence-electron chi connectivity index (χ3n) is 5.54. The summed E-state index contributed by atoms with van der Waals surface area (Å²) in [7, 11) is 0. The summed E-state index contributed by atoms with van der Waals surface area (Å²) in [4.78, 5) is 0. The van der Waals surface area contributed by atoms with Gasteiger partial charge in [-0.3, -0.25) is 0 Å². The topological polar surface area (TPSA) is 68.2 Å². The zero-order valence-electron chi connectivity index (χ0n) is 16.8. The van der Waals surface area contributed by atoms with Crippen LogP contribution in [0.4, 0.5) is 0 Å². The molecule has 1 aliphatic carbocycles. The van der Waals surface area contributed by atoms with Gasteiger partial charge in [0.05, 0.1) is 43.2 Å². The lowest BCUT2D eigenvalue weighted by atomic mass is 9.94. The summed E-state index contributed by atoms with van der Waals surface area (Å²) in [5, 5.41) is 19.5. The molecule has 1 saturated carbocycles. The Morgan fingerprint density at radius 1 is 1.11 bits per heavy atom. The fraction of sp³-hybridized carbons (Fsp3) is 0.727. The molecular weight excluding hydrogens is 344 g/mol. The average molecular weight is 379 g/mol. The van der Waals surface area contributed by atoms with Crippen molar-refractivity contribution in [2.24, 2.45) is 0 Å². The van der Waals surface area contributed by atoms with Crippen molar-refractivity contribution in [1.82, 2.24) is 0 Å². The molecule has 5 nitrogen and oxygen atoms in total. The summed E-state index contributed by atoms with van der Waals surface area (Å²) in [6, 6.07) is 6.13. The molecule has 27 heavy (non-hydrogen) atoms. The number of benzene rings is 1. The van der Waals surface area contributed by atoms with Crippen LogP contribution < -0.4 is 4.74 Å². The monoisotopic (exact) mass is 378 g/mol. The van der Waals surface area contributed by atoms with E-state index in [1.54, 1.807) is 0 Å². The number of aliphatic hydroxyl groups excluding tert-OH is 2. The highest BCUT2D eigenvalue weighted by Crippen LogP contribution is 2.35. The van der Waals surface area contributed by atoms with Crippen LogP contribution in [-0.2, 0) is 9.47 Å². The average Bonchev–Trinajstić information content (AvgIpc) is 2.64. The van der Waals surface area contributed by atoms with Crippen LogP contribution in [0.2, 0.25) is 0 Å². The van der Waals surface area contributed by atoms with Gasteiger partial charge in [0.25, 0.3) is 0 Å². The Bertz CT molecular complexity index is 594. The van der Waals surface area contributed by atoms with E-state index >= 15 is 0 Å². The van der Waals surface area contributed by atoms with Gasteiger partial charge in [0.15, 0.2) is 0 Å². The van der Waals surface area contributed by atoms with Gasteiger partial charge < -0.3 is 24.4 Å². The van der Waals surface area contributed by atoms with Crippen LogP contribution in [0.15, 0.2) is 18.2 Å². The highest BCUT2D eigenvalue weighted by atomic mass is 16.5. The minimum absolute atomic E-state index is 0.0650. The molecule has 0 spiro atoms. The molecule has 0 bridgehead atoms. The molecular formula is C22H34O5. The minimum atomic E-state index is -0.442. The van der Waals surface area contributed by atoms with E-state index in [9.17, 15) is 10.2 Å². The summed E-state index contributed by atoms with van der Waals surface area (Å²) < 4.78 is 18.2. The molecule has 152 valence electrons. The van der Waals surface area contributed by atoms with Gasteiger partial charge >= 0.3 is 0 Å². The SMILES string of the molecule is Cc1ccc(C2CC(O)CC(CO)O2)cc1OC1CCC(OC(C)C)CC1. The Morgan fingerprint density at radius 2 is 1.81 bits per heavy atom. The van der Waals surface area contributed by atoms with E-state index in [-0.39, 0.29) is 31.0 Å². The maximum absolute atomic E-state index is 10.1. The van der Waals surface area contributed by atoms with Gasteiger partial charge in [-0.15, -0.1) is 0 Å². The standard InChI is InChI=1S/C22H34O5/c1-14(2)25-18-6-8-19(9-7-18)26-21-10-16(5-4-15(21)3)22-12-17(24)11-20(13-23)27-22/h4-5,10,14,17-20,22-24H,6-9,11-13H2,1-3H3. The second-order valence-electron chi connectivity index (χ2n) is 8.28. The Balaban J connectivity index is 1.62. The molecule has 1 aromatic rings. The third-order valence-corrected chi connectivity index (χ3v) is 5.54. The molecule has 3 atom stereocenters. The molecule has 2 N–H and O–H groups in total. The van der Waals surface area contributed by atoms with Crippen molar-refractivity contribution in [2.45, 2.75) is 95.9 Å². The van der Waals surface area contributed by atoms with Gasteiger partial charge in [-0.1, -0.05) is 12.1 Å². The third kappa shape index (κ3) is 5.67. The van der Waals surface area contributed by atoms with Crippen LogP contribution in [0.5, 0.6) is 5.75 Å². The molecule has 1 aromatic carbocycles. The number of aliphatic hydroxyl groups is 2. The van der Waals surface area contributed by atoms with E-state index in [1.165, 1.54) is 0 Å². The first-order chi connectivity index (χ1) is 12.9. The summed E-state index contributed by atoms with van der Waals surface area (Å²) in [5.74, 6) is 0.893. The highest BCUT2D eigenvalue weighted by Gasteiger charge is 2.30. The van der Waals surface area contributed by atoms with Crippen LogP contribution >= 0.6 is 0 Å². The molecule has 1 heterocycles. The van der Waals surface area contributed by atoms with Crippen molar-refractivity contribution in [3.8, 4) is 5.75 Å². The maximum atomic E-state index is 10.1. The van der Waals surface area contributed by atoms with Crippen LogP contribution in [0.25, 0.3) is 0 Å². The maximum Gasteiger partial charge on any atom is 0.122 e. The first-order valence-corrected chi connectivity index (χ1v) is 10.3. The first kappa shape index (κ1) is 20.6. The second kappa shape index (κ2) is 9.37. The van der Waals surface area contributed by atoms with Gasteiger partial charge in [0.1, 0.15) is 5.75 Å². The van der Waals surface area contributed by atoms with Crippen molar-refractivity contribution < 1.29 is 24.4 Å². The van der Waals surface area contributed by atoms with Crippen molar-refractivity contribution in [3.05, 3.63) is 29.3 Å². The molecule has 2 aliphatic rings. The lowest BCUT2D eigenvalue weighted by Crippen LogP contribution is -2.33. The largest absolute Gasteiger partial charge is 0.490 e. The molecule has 1 saturated heterocycles. The summed E-state index contributed by atoms with van der Waals surface area (Å²) >= 11 is 0. The van der Waals surface area contributed by atoms with E-state index in [0.717, 1.165) is 42.6 Å². The second-order valence-corrected chi connectivity index (χ2v) is 8.28. The predicted molar refractivity (Wildman–Crippen MR) is 104 cm³/mol. The number of ether oxygens (including phenoxy) is 3. The summed E-state index contributed by atoms with van der Waals surface area (Å²) in [6.07, 6.45) is 5.03. The van der Waals surface area contributed by atoms with Gasteiger partial charge in [-0.05, 0) is 63.6 Å². The number of hydrogen-bond donors (Lipinski definition) is 2. The fourth-order valence-electron chi connectivity index (χ4n) is 4.12. The number of rotatable bonds is 6. The quantitative estimate of drug-likeness (QED) is 0.790. The number of hydrogen-bond acceptors (Lipinski definition) is 5. The molecule has 5 heteroatoms. The van der Waals surface area contributed by atoms with Gasteiger partial charge in [0.2, 0.25) is 0 Å². The number of aryl methyl sites for hydroxylation is 1. The van der Waals surface area contributed by atoms with Gasteiger partial charge in [-0.25, -0.2) is 0 Å². The highest BCUT2D eigenvalue weighted by molar-refractivity contribution is 5.38. The van der Waals surface area contributed by atoms with Crippen molar-refractivity contribution in [1.29, 1.82) is 0 Å². The molecule has 2 fully saturated rings. The Kier molecular flexibility index (Phi) is 7.15. The van der Waals surface area contributed by atoms with E-state index in [0.29, 0.717) is 18.9 Å². The van der Waals surface area contributed by atoms with Crippen LogP contribution in [0.3, 0.4) is 0 Å². The zero-order valence-corrected chi connectivity index (χ0v) is 16.8. The lowest BCUT2D eigenvalue weighted by Gasteiger charge is -2.33. The van der Waals surface area contributed by atoms with Crippen molar-refractivity contribution in [2.75, 3.05) is 6.61 Å². The lowest BCUT2D eigenvalue weighted by molar-refractivity contribution is -0.113. The van der Waals surface area contributed by atoms with Gasteiger partial charge in [0, 0.05) is 12.8 Å². The van der Waals surface area contributed by atoms with Crippen LogP contribution in [-0.4, -0.2) is 47.3 Å². The van der Waals surface area contributed by atoms with E-state index in [4.69, 9.17) is 14.2 Å². The van der Waals surface area contributed by atoms with Crippen molar-refractivity contribution in [3.63, 3.8) is 0 Å².